The Balaban J connectivity index is 2.90. The van der Waals surface area contributed by atoms with E-state index in [9.17, 15) is 18.0 Å². The van der Waals surface area contributed by atoms with Crippen LogP contribution in [-0.2, 0) is 35.2 Å². The first-order valence-corrected chi connectivity index (χ1v) is 8.20. The molecule has 1 aromatic rings. The molecule has 1 rings (SSSR count). The Labute approximate surface area is 135 Å². The van der Waals surface area contributed by atoms with Crippen molar-refractivity contribution >= 4 is 22.2 Å². The van der Waals surface area contributed by atoms with Crippen molar-refractivity contribution in [2.24, 2.45) is 0 Å². The lowest BCUT2D eigenvalue weighted by atomic mass is 10.1. The highest BCUT2D eigenvalue weighted by molar-refractivity contribution is 7.84. The number of benzene rings is 1. The van der Waals surface area contributed by atoms with Crippen LogP contribution in [0.25, 0.3) is 0 Å². The number of amides is 1. The lowest BCUT2D eigenvalue weighted by molar-refractivity contribution is -0.144. The van der Waals surface area contributed by atoms with Gasteiger partial charge in [-0.15, -0.1) is 0 Å². The summed E-state index contributed by atoms with van der Waals surface area (Å²) in [5.41, 5.74) is 0.747. The molecule has 9 heteroatoms. The first kappa shape index (κ1) is 19.1. The zero-order chi connectivity index (χ0) is 17.5. The molecule has 0 unspecified atom stereocenters. The second kappa shape index (κ2) is 8.61. The summed E-state index contributed by atoms with van der Waals surface area (Å²) in [5.74, 6) is -1.29. The van der Waals surface area contributed by atoms with E-state index in [1.54, 1.807) is 30.3 Å². The van der Waals surface area contributed by atoms with Gasteiger partial charge in [0, 0.05) is 0 Å². The molecule has 128 valence electrons. The molecular weight excluding hydrogens is 324 g/mol. The van der Waals surface area contributed by atoms with E-state index in [2.05, 4.69) is 19.0 Å². The lowest BCUT2D eigenvalue weighted by Crippen LogP contribution is -2.52. The van der Waals surface area contributed by atoms with Gasteiger partial charge in [0.25, 0.3) is 0 Å². The maximum atomic E-state index is 12.3. The number of carbonyl (C=O) groups excluding carboxylic acids is 2. The van der Waals surface area contributed by atoms with Crippen LogP contribution in [0.5, 0.6) is 0 Å². The van der Waals surface area contributed by atoms with Crippen molar-refractivity contribution in [2.75, 3.05) is 14.2 Å². The van der Waals surface area contributed by atoms with Crippen LogP contribution in [0.15, 0.2) is 30.3 Å². The van der Waals surface area contributed by atoms with E-state index < -0.39 is 34.3 Å². The Morgan fingerprint density at radius 2 is 1.78 bits per heavy atom. The van der Waals surface area contributed by atoms with E-state index in [0.717, 1.165) is 12.7 Å². The Morgan fingerprint density at radius 3 is 2.30 bits per heavy atom. The molecule has 0 heterocycles. The van der Waals surface area contributed by atoms with Crippen LogP contribution >= 0.6 is 0 Å². The second-order valence-electron chi connectivity index (χ2n) is 4.73. The summed E-state index contributed by atoms with van der Waals surface area (Å²) in [6.45, 7) is 1.44. The fourth-order valence-electron chi connectivity index (χ4n) is 1.81. The number of ether oxygens (including phenoxy) is 1. The average molecular weight is 344 g/mol. The molecule has 0 saturated carbocycles. The third kappa shape index (κ3) is 6.35. The molecule has 23 heavy (non-hydrogen) atoms. The maximum absolute atomic E-state index is 12.3. The van der Waals surface area contributed by atoms with Gasteiger partial charge in [0.05, 0.1) is 14.2 Å². The summed E-state index contributed by atoms with van der Waals surface area (Å²) in [5, 5.41) is 2.40. The van der Waals surface area contributed by atoms with Crippen LogP contribution in [-0.4, -0.2) is 46.6 Å². The van der Waals surface area contributed by atoms with Crippen LogP contribution in [0.1, 0.15) is 12.5 Å². The number of hydrogen-bond acceptors (Lipinski definition) is 6. The predicted molar refractivity (Wildman–Crippen MR) is 82.6 cm³/mol. The van der Waals surface area contributed by atoms with Gasteiger partial charge >= 0.3 is 16.3 Å². The molecule has 0 spiro atoms. The quantitative estimate of drug-likeness (QED) is 0.630. The second-order valence-corrected chi connectivity index (χ2v) is 6.21. The van der Waals surface area contributed by atoms with Gasteiger partial charge in [0.15, 0.2) is 0 Å². The molecule has 0 aliphatic rings. The van der Waals surface area contributed by atoms with Crippen molar-refractivity contribution in [2.45, 2.75) is 25.4 Å². The molecule has 0 aliphatic carbocycles. The minimum Gasteiger partial charge on any atom is -0.467 e. The van der Waals surface area contributed by atoms with E-state index in [-0.39, 0.29) is 6.42 Å². The Hall–Kier alpha value is -1.97. The number of rotatable bonds is 8. The molecule has 1 amide bonds. The van der Waals surface area contributed by atoms with E-state index in [0.29, 0.717) is 0 Å². The summed E-state index contributed by atoms with van der Waals surface area (Å²) < 4.78 is 34.1. The molecule has 2 atom stereocenters. The number of hydrogen-bond donors (Lipinski definition) is 2. The third-order valence-corrected chi connectivity index (χ3v) is 4.03. The van der Waals surface area contributed by atoms with Gasteiger partial charge in [0.1, 0.15) is 12.1 Å². The highest BCUT2D eigenvalue weighted by Crippen LogP contribution is 2.05. The number of carbonyl (C=O) groups is 2. The van der Waals surface area contributed by atoms with Gasteiger partial charge in [0.2, 0.25) is 5.91 Å². The number of nitrogens with one attached hydrogen (secondary N) is 2. The molecule has 0 fully saturated rings. The molecule has 0 aliphatic heterocycles. The Bertz CT molecular complexity index is 632. The smallest absolute Gasteiger partial charge is 0.336 e. The summed E-state index contributed by atoms with van der Waals surface area (Å²) >= 11 is 0. The Morgan fingerprint density at radius 1 is 1.17 bits per heavy atom. The number of esters is 1. The first-order valence-electron chi connectivity index (χ1n) is 6.79. The van der Waals surface area contributed by atoms with Gasteiger partial charge in [-0.2, -0.15) is 13.1 Å². The normalized spacial score (nSPS) is 13.9. The zero-order valence-electron chi connectivity index (χ0n) is 13.1. The van der Waals surface area contributed by atoms with Crippen molar-refractivity contribution in [3.8, 4) is 0 Å². The fraction of sp³-hybridized carbons (Fsp3) is 0.429. The van der Waals surface area contributed by atoms with Gasteiger partial charge in [-0.25, -0.2) is 4.79 Å². The standard InChI is InChI=1S/C14H20N2O6S/c1-10(14(18)21-2)15-13(17)12(16-23(19,20)22-3)9-11-7-5-4-6-8-11/h4-8,10,12,16H,9H2,1-3H3,(H,15,17)/t10-,12-/m0/s1. The fourth-order valence-corrected chi connectivity index (χ4v) is 2.44. The van der Waals surface area contributed by atoms with Crippen LogP contribution in [0.2, 0.25) is 0 Å². The van der Waals surface area contributed by atoms with Crippen molar-refractivity contribution in [1.82, 2.24) is 10.0 Å². The molecular formula is C14H20N2O6S. The topological polar surface area (TPSA) is 111 Å². The van der Waals surface area contributed by atoms with E-state index >= 15 is 0 Å². The highest BCUT2D eigenvalue weighted by atomic mass is 32.2. The van der Waals surface area contributed by atoms with Gasteiger partial charge in [-0.3, -0.25) is 8.98 Å². The molecule has 0 saturated heterocycles. The molecule has 0 bridgehead atoms. The van der Waals surface area contributed by atoms with Crippen LogP contribution < -0.4 is 10.0 Å². The van der Waals surface area contributed by atoms with Crippen LogP contribution in [0.4, 0.5) is 0 Å². The van der Waals surface area contributed by atoms with Crippen LogP contribution in [0, 0.1) is 0 Å². The molecule has 0 radical (unpaired) electrons. The van der Waals surface area contributed by atoms with E-state index in [4.69, 9.17) is 0 Å². The maximum Gasteiger partial charge on any atom is 0.336 e. The molecule has 1 aromatic carbocycles. The van der Waals surface area contributed by atoms with E-state index in [1.807, 2.05) is 0 Å². The van der Waals surface area contributed by atoms with Gasteiger partial charge < -0.3 is 10.1 Å². The minimum absolute atomic E-state index is 0.100. The summed E-state index contributed by atoms with van der Waals surface area (Å²) in [6, 6.07) is 6.82. The SMILES string of the molecule is COC(=O)[C@H](C)NC(=O)[C@H](Cc1ccccc1)NS(=O)(=O)OC. The summed E-state index contributed by atoms with van der Waals surface area (Å²) in [7, 11) is -1.89. The summed E-state index contributed by atoms with van der Waals surface area (Å²) in [4.78, 5) is 23.6. The number of methoxy groups -OCH3 is 1. The van der Waals surface area contributed by atoms with Gasteiger partial charge in [-0.1, -0.05) is 30.3 Å². The van der Waals surface area contributed by atoms with Crippen molar-refractivity contribution in [1.29, 1.82) is 0 Å². The van der Waals surface area contributed by atoms with Gasteiger partial charge in [-0.05, 0) is 18.9 Å². The van der Waals surface area contributed by atoms with Crippen molar-refractivity contribution < 1.29 is 26.9 Å². The molecule has 8 nitrogen and oxygen atoms in total. The summed E-state index contributed by atoms with van der Waals surface area (Å²) in [6.07, 6.45) is 0.100. The molecule has 0 aromatic heterocycles. The molecule has 2 N–H and O–H groups in total. The zero-order valence-corrected chi connectivity index (χ0v) is 13.9. The van der Waals surface area contributed by atoms with Crippen molar-refractivity contribution in [3.63, 3.8) is 0 Å². The lowest BCUT2D eigenvalue weighted by Gasteiger charge is -2.20. The van der Waals surface area contributed by atoms with Crippen molar-refractivity contribution in [3.05, 3.63) is 35.9 Å². The third-order valence-electron chi connectivity index (χ3n) is 3.02. The minimum atomic E-state index is -4.07. The van der Waals surface area contributed by atoms with E-state index in [1.165, 1.54) is 14.0 Å². The predicted octanol–water partition coefficient (Wildman–Crippen LogP) is -0.244. The van der Waals surface area contributed by atoms with Crippen LogP contribution in [0.3, 0.4) is 0 Å². The highest BCUT2D eigenvalue weighted by Gasteiger charge is 2.27. The first-order chi connectivity index (χ1) is 10.8. The Kier molecular flexibility index (Phi) is 7.14. The average Bonchev–Trinajstić information content (AvgIpc) is 2.54. The largest absolute Gasteiger partial charge is 0.467 e. The monoisotopic (exact) mass is 344 g/mol.